The van der Waals surface area contributed by atoms with Gasteiger partial charge in [-0.25, -0.2) is 9.78 Å². The van der Waals surface area contributed by atoms with Crippen LogP contribution in [-0.2, 0) is 6.18 Å². The summed E-state index contributed by atoms with van der Waals surface area (Å²) in [6.45, 7) is 2.22. The van der Waals surface area contributed by atoms with Crippen LogP contribution in [0.25, 0.3) is 0 Å². The van der Waals surface area contributed by atoms with E-state index in [1.807, 2.05) is 7.05 Å². The van der Waals surface area contributed by atoms with Crippen molar-refractivity contribution < 1.29 is 18.0 Å². The third-order valence-corrected chi connectivity index (χ3v) is 3.29. The Bertz CT molecular complexity index is 554. The summed E-state index contributed by atoms with van der Waals surface area (Å²) in [5, 5.41) is 5.13. The first-order valence-electron chi connectivity index (χ1n) is 6.79. The second kappa shape index (κ2) is 6.78. The van der Waals surface area contributed by atoms with Crippen LogP contribution in [0.15, 0.2) is 30.0 Å². The minimum Gasteiger partial charge on any atom is -0.334 e. The van der Waals surface area contributed by atoms with Crippen molar-refractivity contribution in [1.29, 1.82) is 0 Å². The van der Waals surface area contributed by atoms with Gasteiger partial charge in [0.25, 0.3) is 0 Å². The molecule has 0 bridgehead atoms. The van der Waals surface area contributed by atoms with E-state index in [2.05, 4.69) is 26.6 Å². The van der Waals surface area contributed by atoms with Crippen molar-refractivity contribution in [3.63, 3.8) is 0 Å². The molecular weight excluding hydrogens is 297 g/mol. The molecule has 2 N–H and O–H groups in total. The van der Waals surface area contributed by atoms with Gasteiger partial charge in [-0.3, -0.25) is 0 Å². The molecule has 22 heavy (non-hydrogen) atoms. The number of carbonyl (C=O) groups is 1. The molecule has 2 rings (SSSR count). The molecule has 0 saturated carbocycles. The van der Waals surface area contributed by atoms with Gasteiger partial charge in [-0.1, -0.05) is 11.6 Å². The van der Waals surface area contributed by atoms with Crippen molar-refractivity contribution in [1.82, 2.24) is 15.2 Å². The van der Waals surface area contributed by atoms with Gasteiger partial charge in [0.05, 0.1) is 11.9 Å². The topological polar surface area (TPSA) is 57.3 Å². The normalized spacial score (nSPS) is 16.1. The smallest absolute Gasteiger partial charge is 0.334 e. The fourth-order valence-electron chi connectivity index (χ4n) is 1.98. The number of anilines is 1. The number of pyridine rings is 1. The Hall–Kier alpha value is -2.09. The number of rotatable bonds is 3. The lowest BCUT2D eigenvalue weighted by Gasteiger charge is -2.22. The Balaban J connectivity index is 1.82. The molecule has 0 atom stereocenters. The summed E-state index contributed by atoms with van der Waals surface area (Å²) in [6.07, 6.45) is -0.555. The van der Waals surface area contributed by atoms with E-state index in [0.29, 0.717) is 6.54 Å². The number of nitrogens with one attached hydrogen (secondary N) is 2. The largest absolute Gasteiger partial charge is 0.433 e. The summed E-state index contributed by atoms with van der Waals surface area (Å²) in [6, 6.07) is 1.53. The molecule has 2 heterocycles. The summed E-state index contributed by atoms with van der Waals surface area (Å²) in [5.41, 5.74) is 0.358. The number of halogens is 3. The van der Waals surface area contributed by atoms with Crippen LogP contribution in [0.5, 0.6) is 0 Å². The Morgan fingerprint density at radius 3 is 2.73 bits per heavy atom. The summed E-state index contributed by atoms with van der Waals surface area (Å²) in [7, 11) is 2.02. The molecule has 1 aliphatic heterocycles. The number of hydrogen-bond donors (Lipinski definition) is 2. The van der Waals surface area contributed by atoms with Crippen LogP contribution in [0.4, 0.5) is 23.7 Å². The van der Waals surface area contributed by atoms with Crippen LogP contribution in [0.2, 0.25) is 0 Å². The molecule has 0 saturated heterocycles. The molecule has 0 aromatic carbocycles. The van der Waals surface area contributed by atoms with E-state index >= 15 is 0 Å². The van der Waals surface area contributed by atoms with Gasteiger partial charge in [0, 0.05) is 19.6 Å². The lowest BCUT2D eigenvalue weighted by atomic mass is 10.1. The van der Waals surface area contributed by atoms with Crippen LogP contribution in [0.3, 0.4) is 0 Å². The van der Waals surface area contributed by atoms with Gasteiger partial charge in [-0.05, 0) is 25.6 Å². The Kier molecular flexibility index (Phi) is 5.02. The highest BCUT2D eigenvalue weighted by Crippen LogP contribution is 2.27. The van der Waals surface area contributed by atoms with E-state index in [1.54, 1.807) is 0 Å². The maximum Gasteiger partial charge on any atom is 0.433 e. The average Bonchev–Trinajstić information content (AvgIpc) is 2.46. The molecule has 0 spiro atoms. The molecule has 5 nitrogen and oxygen atoms in total. The Morgan fingerprint density at radius 2 is 2.18 bits per heavy atom. The minimum atomic E-state index is -4.48. The molecule has 1 aliphatic rings. The third kappa shape index (κ3) is 4.73. The Labute approximate surface area is 126 Å². The molecule has 1 aromatic heterocycles. The number of amides is 2. The summed E-state index contributed by atoms with van der Waals surface area (Å²) in [4.78, 5) is 17.1. The van der Waals surface area contributed by atoms with Crippen molar-refractivity contribution in [3.8, 4) is 0 Å². The summed E-state index contributed by atoms with van der Waals surface area (Å²) in [5.74, 6) is 0. The zero-order valence-electron chi connectivity index (χ0n) is 12.1. The lowest BCUT2D eigenvalue weighted by Crippen LogP contribution is -2.33. The number of urea groups is 1. The first kappa shape index (κ1) is 16.3. The van der Waals surface area contributed by atoms with Crippen molar-refractivity contribution in [2.45, 2.75) is 12.6 Å². The second-order valence-electron chi connectivity index (χ2n) is 5.11. The lowest BCUT2D eigenvalue weighted by molar-refractivity contribution is -0.141. The zero-order chi connectivity index (χ0) is 16.2. The number of aromatic nitrogens is 1. The third-order valence-electron chi connectivity index (χ3n) is 3.29. The summed E-state index contributed by atoms with van der Waals surface area (Å²) < 4.78 is 37.1. The molecule has 0 unspecified atom stereocenters. The second-order valence-corrected chi connectivity index (χ2v) is 5.11. The standard InChI is InChI=1S/C14H17F3N4O/c1-21-6-4-10(5-7-21)8-19-13(22)20-11-2-3-12(18-9-11)14(15,16)17/h2-4,9H,5-8H2,1H3,(H2,19,20,22). The van der Waals surface area contributed by atoms with Crippen molar-refractivity contribution in [3.05, 3.63) is 35.7 Å². The number of carbonyl (C=O) groups excluding carboxylic acids is 1. The van der Waals surface area contributed by atoms with Gasteiger partial charge < -0.3 is 15.5 Å². The van der Waals surface area contributed by atoms with Gasteiger partial charge in [-0.15, -0.1) is 0 Å². The first-order chi connectivity index (χ1) is 10.3. The fourth-order valence-corrected chi connectivity index (χ4v) is 1.98. The highest BCUT2D eigenvalue weighted by molar-refractivity contribution is 5.89. The Morgan fingerprint density at radius 1 is 1.41 bits per heavy atom. The molecule has 2 amide bonds. The molecular formula is C14H17F3N4O. The molecule has 120 valence electrons. The maximum atomic E-state index is 12.4. The predicted octanol–water partition coefficient (Wildman–Crippen LogP) is 2.48. The van der Waals surface area contributed by atoms with Crippen LogP contribution >= 0.6 is 0 Å². The average molecular weight is 314 g/mol. The van der Waals surface area contributed by atoms with E-state index in [9.17, 15) is 18.0 Å². The van der Waals surface area contributed by atoms with Crippen molar-refractivity contribution in [2.75, 3.05) is 32.0 Å². The SMILES string of the molecule is CN1CC=C(CNC(=O)Nc2ccc(C(F)(F)F)nc2)CC1. The first-order valence-corrected chi connectivity index (χ1v) is 6.79. The van der Waals surface area contributed by atoms with Gasteiger partial charge in [0.2, 0.25) is 0 Å². The molecule has 0 radical (unpaired) electrons. The zero-order valence-corrected chi connectivity index (χ0v) is 12.1. The van der Waals surface area contributed by atoms with Crippen LogP contribution in [0.1, 0.15) is 12.1 Å². The fraction of sp³-hybridized carbons (Fsp3) is 0.429. The number of nitrogens with zero attached hydrogens (tertiary/aromatic N) is 2. The predicted molar refractivity (Wildman–Crippen MR) is 76.5 cm³/mol. The van der Waals surface area contributed by atoms with Gasteiger partial charge in [-0.2, -0.15) is 13.2 Å². The number of likely N-dealkylation sites (N-methyl/N-ethyl adjacent to an activating group) is 1. The molecule has 0 fully saturated rings. The number of hydrogen-bond acceptors (Lipinski definition) is 3. The maximum absolute atomic E-state index is 12.4. The quantitative estimate of drug-likeness (QED) is 0.843. The van der Waals surface area contributed by atoms with Crippen LogP contribution < -0.4 is 10.6 Å². The highest BCUT2D eigenvalue weighted by Gasteiger charge is 2.32. The van der Waals surface area contributed by atoms with E-state index in [1.165, 1.54) is 6.07 Å². The molecule has 1 aromatic rings. The highest BCUT2D eigenvalue weighted by atomic mass is 19.4. The van der Waals surface area contributed by atoms with E-state index in [0.717, 1.165) is 37.3 Å². The van der Waals surface area contributed by atoms with Crippen molar-refractivity contribution >= 4 is 11.7 Å². The van der Waals surface area contributed by atoms with Gasteiger partial charge in [0.1, 0.15) is 5.69 Å². The van der Waals surface area contributed by atoms with Crippen LogP contribution in [-0.4, -0.2) is 42.6 Å². The van der Waals surface area contributed by atoms with Crippen LogP contribution in [0, 0.1) is 0 Å². The van der Waals surface area contributed by atoms with E-state index < -0.39 is 17.9 Å². The molecule has 8 heteroatoms. The van der Waals surface area contributed by atoms with Gasteiger partial charge in [0.15, 0.2) is 0 Å². The number of alkyl halides is 3. The van der Waals surface area contributed by atoms with Gasteiger partial charge >= 0.3 is 12.2 Å². The van der Waals surface area contributed by atoms with Crippen molar-refractivity contribution in [2.24, 2.45) is 0 Å². The molecule has 0 aliphatic carbocycles. The summed E-state index contributed by atoms with van der Waals surface area (Å²) >= 11 is 0. The monoisotopic (exact) mass is 314 g/mol. The van der Waals surface area contributed by atoms with E-state index in [4.69, 9.17) is 0 Å². The minimum absolute atomic E-state index is 0.211. The van der Waals surface area contributed by atoms with E-state index in [-0.39, 0.29) is 5.69 Å².